The predicted octanol–water partition coefficient (Wildman–Crippen LogP) is 6.62. The summed E-state index contributed by atoms with van der Waals surface area (Å²) in [7, 11) is 0.290. The zero-order valence-electron chi connectivity index (χ0n) is 29.5. The van der Waals surface area contributed by atoms with Crippen LogP contribution in [0.4, 0.5) is 5.69 Å². The van der Waals surface area contributed by atoms with E-state index in [0.717, 1.165) is 54.8 Å². The number of hydrogen-bond donors (Lipinski definition) is 1. The van der Waals surface area contributed by atoms with Crippen LogP contribution in [0.2, 0.25) is 0 Å². The molecule has 4 heterocycles. The molecule has 0 spiro atoms. The molecule has 3 fully saturated rings. The molecule has 0 radical (unpaired) electrons. The van der Waals surface area contributed by atoms with Gasteiger partial charge in [-0.2, -0.15) is 0 Å². The molecule has 260 valence electrons. The van der Waals surface area contributed by atoms with Crippen molar-refractivity contribution in [3.63, 3.8) is 0 Å². The number of nitrogens with zero attached hydrogens (tertiary/aromatic N) is 3. The summed E-state index contributed by atoms with van der Waals surface area (Å²) >= 11 is 0. The quantitative estimate of drug-likeness (QED) is 0.206. The van der Waals surface area contributed by atoms with E-state index < -0.39 is 27.3 Å². The number of anilines is 1. The van der Waals surface area contributed by atoms with E-state index in [0.29, 0.717) is 29.9 Å². The molecule has 0 amide bonds. The van der Waals surface area contributed by atoms with Gasteiger partial charge >= 0.3 is 0 Å². The van der Waals surface area contributed by atoms with Crippen LogP contribution in [0.1, 0.15) is 80.5 Å². The minimum Gasteiger partial charge on any atom is -0.489 e. The van der Waals surface area contributed by atoms with Crippen LogP contribution in [0.25, 0.3) is 0 Å². The Bertz CT molecular complexity index is 1610. The van der Waals surface area contributed by atoms with Crippen LogP contribution in [0, 0.1) is 5.41 Å². The Morgan fingerprint density at radius 1 is 0.875 bits per heavy atom. The Hall–Kier alpha value is -2.91. The monoisotopic (exact) mass is 674 g/mol. The van der Waals surface area contributed by atoms with Crippen LogP contribution in [-0.2, 0) is 23.0 Å². The molecule has 0 saturated carbocycles. The van der Waals surface area contributed by atoms with Gasteiger partial charge in [0.25, 0.3) is 0 Å². The van der Waals surface area contributed by atoms with Crippen molar-refractivity contribution in [2.45, 2.75) is 82.4 Å². The van der Waals surface area contributed by atoms with Gasteiger partial charge in [0.15, 0.2) is 9.84 Å². The number of aliphatic hydroxyl groups excluding tert-OH is 1. The number of unbranched alkanes of at least 4 members (excludes halogenated alkanes) is 2. The lowest BCUT2D eigenvalue weighted by atomic mass is 9.68. The molecule has 48 heavy (non-hydrogen) atoms. The molecule has 0 aromatic heterocycles. The van der Waals surface area contributed by atoms with Crippen LogP contribution >= 0.6 is 0 Å². The summed E-state index contributed by atoms with van der Waals surface area (Å²) in [4.78, 5) is 4.93. The third kappa shape index (κ3) is 7.32. The molecule has 2 atom stereocenters. The maximum atomic E-state index is 14.1. The summed E-state index contributed by atoms with van der Waals surface area (Å²) < 4.78 is 35.7. The molecule has 8 heteroatoms. The highest BCUT2D eigenvalue weighted by Gasteiger charge is 2.49. The topological polar surface area (TPSA) is 70.1 Å². The molecular weight excluding hydrogens is 619 g/mol. The van der Waals surface area contributed by atoms with Crippen LogP contribution in [-0.4, -0.2) is 88.1 Å². The van der Waals surface area contributed by atoms with Gasteiger partial charge < -0.3 is 19.2 Å². The average Bonchev–Trinajstić information content (AvgIpc) is 3.17. The summed E-state index contributed by atoms with van der Waals surface area (Å²) in [6, 6.07) is 22.5. The molecule has 2 bridgehead atoms. The second kappa shape index (κ2) is 14.5. The van der Waals surface area contributed by atoms with Crippen molar-refractivity contribution < 1.29 is 22.7 Å². The first-order valence-corrected chi connectivity index (χ1v) is 19.8. The van der Waals surface area contributed by atoms with Crippen LogP contribution in [0.3, 0.4) is 0 Å². The minimum absolute atomic E-state index is 0.0232. The first kappa shape index (κ1) is 34.9. The van der Waals surface area contributed by atoms with Gasteiger partial charge in [-0.15, -0.1) is 0 Å². The minimum atomic E-state index is -3.63. The van der Waals surface area contributed by atoms with Crippen LogP contribution in [0.15, 0.2) is 71.6 Å². The molecule has 4 aliphatic heterocycles. The maximum absolute atomic E-state index is 14.1. The van der Waals surface area contributed by atoms with Gasteiger partial charge in [0.1, 0.15) is 18.9 Å². The van der Waals surface area contributed by atoms with E-state index in [1.165, 1.54) is 49.3 Å². The predicted molar refractivity (Wildman–Crippen MR) is 194 cm³/mol. The van der Waals surface area contributed by atoms with E-state index in [-0.39, 0.29) is 5.75 Å². The number of benzene rings is 3. The first-order valence-electron chi connectivity index (χ1n) is 18.2. The summed E-state index contributed by atoms with van der Waals surface area (Å²) in [6.07, 6.45) is 4.21. The highest BCUT2D eigenvalue weighted by molar-refractivity contribution is 7.91. The number of piperazine rings is 3. The highest BCUT2D eigenvalue weighted by atomic mass is 32.2. The van der Waals surface area contributed by atoms with Crippen LogP contribution in [0.5, 0.6) is 5.75 Å². The van der Waals surface area contributed by atoms with Gasteiger partial charge in [-0.05, 0) is 59.9 Å². The number of sulfone groups is 1. The molecule has 7 rings (SSSR count). The van der Waals surface area contributed by atoms with E-state index in [4.69, 9.17) is 4.74 Å². The van der Waals surface area contributed by atoms with E-state index in [1.807, 2.05) is 55.4 Å². The number of fused-ring (bicyclic) bond motifs is 4. The molecule has 1 N–H and O–H groups in total. The number of aliphatic hydroxyl groups is 1. The number of quaternary nitrogens is 1. The first-order chi connectivity index (χ1) is 23.1. The highest BCUT2D eigenvalue weighted by Crippen LogP contribution is 2.50. The molecule has 3 saturated heterocycles. The number of ether oxygens (including phenoxy) is 1. The second-order valence-corrected chi connectivity index (χ2v) is 17.0. The average molecular weight is 675 g/mol. The zero-order valence-corrected chi connectivity index (χ0v) is 30.4. The smallest absolute Gasteiger partial charge is 0.179 e. The largest absolute Gasteiger partial charge is 0.489 e. The SMILES string of the molecule is CCCCC1(CCCC)CS(=O)(=O)c2ccc(N(C)C)cc2[C@H](c2ccc(OCc3ccc(C[N+]45CCN(CC4)CC5)cc3)cc2)[C@H]1O. The lowest BCUT2D eigenvalue weighted by Gasteiger charge is -2.50. The summed E-state index contributed by atoms with van der Waals surface area (Å²) in [5, 5.41) is 12.4. The van der Waals surface area contributed by atoms with Crippen molar-refractivity contribution in [3.05, 3.63) is 89.0 Å². The Morgan fingerprint density at radius 3 is 2.06 bits per heavy atom. The number of hydrogen-bond acceptors (Lipinski definition) is 6. The summed E-state index contributed by atoms with van der Waals surface area (Å²) in [5.41, 5.74) is 4.34. The Labute approximate surface area is 289 Å². The Balaban J connectivity index is 1.24. The molecule has 0 unspecified atom stereocenters. The summed E-state index contributed by atoms with van der Waals surface area (Å²) in [6.45, 7) is 13.3. The standard InChI is InChI=1S/C40H56N3O4S/c1-5-7-19-40(20-8-6-2)30-48(45,46)37-18-15-34(41(3)4)27-36(37)38(39(40)44)33-13-16-35(17-14-33)47-29-32-11-9-31(10-12-32)28-43-24-21-42(22-25-43)23-26-43/h9-18,27,38-39,44H,5-8,19-26,28-30H2,1-4H3/q+1/t38-,39+/m0/s1. The van der Waals surface area contributed by atoms with Gasteiger partial charge in [-0.25, -0.2) is 8.42 Å². The second-order valence-electron chi connectivity index (χ2n) is 15.1. The lowest BCUT2D eigenvalue weighted by molar-refractivity contribution is -0.953. The van der Waals surface area contributed by atoms with E-state index in [9.17, 15) is 13.5 Å². The fraction of sp³-hybridized carbons (Fsp3) is 0.550. The van der Waals surface area contributed by atoms with Crippen molar-refractivity contribution in [1.29, 1.82) is 0 Å². The molecule has 3 aromatic rings. The third-order valence-electron chi connectivity index (χ3n) is 11.5. The van der Waals surface area contributed by atoms with Gasteiger partial charge in [0, 0.05) is 56.3 Å². The van der Waals surface area contributed by atoms with E-state index in [2.05, 4.69) is 43.0 Å². The van der Waals surface area contributed by atoms with Gasteiger partial charge in [-0.3, -0.25) is 4.90 Å². The van der Waals surface area contributed by atoms with Gasteiger partial charge in [0.05, 0.1) is 36.4 Å². The Kier molecular flexibility index (Phi) is 10.6. The molecule has 4 aliphatic rings. The fourth-order valence-corrected chi connectivity index (χ4v) is 10.6. The lowest BCUT2D eigenvalue weighted by Crippen LogP contribution is -2.66. The van der Waals surface area contributed by atoms with Crippen LogP contribution < -0.4 is 9.64 Å². The maximum Gasteiger partial charge on any atom is 0.179 e. The molecule has 7 nitrogen and oxygen atoms in total. The van der Waals surface area contributed by atoms with Gasteiger partial charge in [-0.1, -0.05) is 75.9 Å². The van der Waals surface area contributed by atoms with E-state index >= 15 is 0 Å². The van der Waals surface area contributed by atoms with Crippen molar-refractivity contribution in [2.24, 2.45) is 5.41 Å². The zero-order chi connectivity index (χ0) is 33.9. The van der Waals surface area contributed by atoms with Crippen molar-refractivity contribution in [3.8, 4) is 5.75 Å². The van der Waals surface area contributed by atoms with Gasteiger partial charge in [0.2, 0.25) is 0 Å². The van der Waals surface area contributed by atoms with E-state index in [1.54, 1.807) is 6.07 Å². The molecule has 0 aliphatic carbocycles. The Morgan fingerprint density at radius 2 is 1.48 bits per heavy atom. The summed E-state index contributed by atoms with van der Waals surface area (Å²) in [5.74, 6) is 0.264. The molecular formula is C40H56N3O4S+. The normalized spacial score (nSPS) is 25.6. The van der Waals surface area contributed by atoms with Crippen molar-refractivity contribution in [2.75, 3.05) is 64.0 Å². The third-order valence-corrected chi connectivity index (χ3v) is 13.5. The number of rotatable bonds is 13. The van der Waals surface area contributed by atoms with Crippen molar-refractivity contribution >= 4 is 15.5 Å². The fourth-order valence-electron chi connectivity index (χ4n) is 8.43. The molecule has 3 aromatic carbocycles. The van der Waals surface area contributed by atoms with Crippen molar-refractivity contribution in [1.82, 2.24) is 4.90 Å².